The lowest BCUT2D eigenvalue weighted by atomic mass is 9.93. The Morgan fingerprint density at radius 1 is 0.812 bits per heavy atom. The molecule has 0 saturated carbocycles. The molecule has 64 heavy (non-hydrogen) atoms. The number of nitrogens with zero attached hydrogens (tertiary/aromatic N) is 1. The van der Waals surface area contributed by atoms with Gasteiger partial charge in [-0.1, -0.05) is 53.7 Å². The van der Waals surface area contributed by atoms with Gasteiger partial charge in [0.25, 0.3) is 11.8 Å². The van der Waals surface area contributed by atoms with Crippen molar-refractivity contribution in [2.75, 3.05) is 32.2 Å². The number of hydrogen-bond acceptors (Lipinski definition) is 11. The third-order valence-corrected chi connectivity index (χ3v) is 22.0. The van der Waals surface area contributed by atoms with Crippen LogP contribution in [0.5, 0.6) is 5.75 Å². The molecule has 0 spiro atoms. The quantitative estimate of drug-likeness (QED) is 0.0819. The molecular weight excluding hydrogens is 865 g/mol. The van der Waals surface area contributed by atoms with E-state index in [1.54, 1.807) is 74.6 Å². The van der Waals surface area contributed by atoms with Crippen molar-refractivity contribution in [3.05, 3.63) is 88.1 Å². The average molecular weight is 931 g/mol. The van der Waals surface area contributed by atoms with Gasteiger partial charge in [0.05, 0.1) is 26.4 Å². The van der Waals surface area contributed by atoms with Crippen molar-refractivity contribution in [1.82, 2.24) is 15.6 Å². The zero-order valence-electron chi connectivity index (χ0n) is 39.9. The number of aromatic nitrogens is 1. The maximum atomic E-state index is 14.4. The third kappa shape index (κ3) is 12.5. The topological polar surface area (TPSA) is 163 Å². The zero-order valence-corrected chi connectivity index (χ0v) is 42.7. The molecule has 3 N–H and O–H groups in total. The second-order valence-electron chi connectivity index (χ2n) is 20.1. The van der Waals surface area contributed by atoms with Crippen molar-refractivity contribution in [1.29, 1.82) is 0 Å². The van der Waals surface area contributed by atoms with E-state index >= 15 is 0 Å². The number of benzene rings is 2. The molecule has 4 aromatic rings. The van der Waals surface area contributed by atoms with Crippen LogP contribution >= 0.6 is 11.3 Å². The summed E-state index contributed by atoms with van der Waals surface area (Å²) in [6, 6.07) is 15.8. The number of hydrogen-bond donors (Lipinski definition) is 3. The Bertz CT molecular complexity index is 2340. The smallest absolute Gasteiger partial charge is 0.407 e. The number of pyridine rings is 1. The van der Waals surface area contributed by atoms with Crippen LogP contribution in [0.3, 0.4) is 0 Å². The fourth-order valence-electron chi connectivity index (χ4n) is 6.32. The summed E-state index contributed by atoms with van der Waals surface area (Å²) in [5, 5.41) is 10.7. The molecule has 1 aliphatic heterocycles. The highest BCUT2D eigenvalue weighted by atomic mass is 32.1. The van der Waals surface area contributed by atoms with Gasteiger partial charge < -0.3 is 39.0 Å². The molecule has 0 saturated heterocycles. The number of esters is 1. The van der Waals surface area contributed by atoms with Gasteiger partial charge in [-0.25, -0.2) is 14.6 Å². The van der Waals surface area contributed by atoms with Crippen LogP contribution in [0.4, 0.5) is 10.5 Å². The van der Waals surface area contributed by atoms with Gasteiger partial charge >= 0.3 is 12.1 Å². The molecular formula is C48H66N4O9SSi2. The highest BCUT2D eigenvalue weighted by Crippen LogP contribution is 2.44. The lowest BCUT2D eigenvalue weighted by molar-refractivity contribution is 0.0522. The summed E-state index contributed by atoms with van der Waals surface area (Å²) in [6.45, 7) is 28.3. The van der Waals surface area contributed by atoms with E-state index in [2.05, 4.69) is 94.7 Å². The van der Waals surface area contributed by atoms with Crippen molar-refractivity contribution < 1.29 is 42.2 Å². The lowest BCUT2D eigenvalue weighted by Gasteiger charge is -2.41. The molecule has 1 aliphatic rings. The highest BCUT2D eigenvalue weighted by molar-refractivity contribution is 7.13. The number of ether oxygens (including phenoxy) is 3. The summed E-state index contributed by atoms with van der Waals surface area (Å²) < 4.78 is 30.2. The first-order valence-corrected chi connectivity index (χ1v) is 28.3. The molecule has 0 bridgehead atoms. The van der Waals surface area contributed by atoms with Crippen molar-refractivity contribution in [3.63, 3.8) is 0 Å². The molecule has 5 rings (SSSR count). The Morgan fingerprint density at radius 3 is 2.11 bits per heavy atom. The SMILES string of the molecule is COC(=O)c1nc(C(=O)NC[C@@H](CO[Si](C)(C)C(C)(C)C)O[Si](C)(C)C(C)(C)C)ccc1-c1cc2c(cc1C(=O)Nc1ccc(CNC(=O)OC(C)(C)C)cc1)-c1sccc1CCO2. The Balaban J connectivity index is 1.47. The number of methoxy groups -OCH3 is 1. The zero-order chi connectivity index (χ0) is 47.4. The molecule has 1 atom stereocenters. The average Bonchev–Trinajstić information content (AvgIpc) is 3.60. The summed E-state index contributed by atoms with van der Waals surface area (Å²) in [5.41, 5.74) is 3.26. The number of rotatable bonds is 14. The predicted molar refractivity (Wildman–Crippen MR) is 259 cm³/mol. The minimum Gasteiger partial charge on any atom is -0.493 e. The summed E-state index contributed by atoms with van der Waals surface area (Å²) >= 11 is 1.56. The van der Waals surface area contributed by atoms with Crippen molar-refractivity contribution in [3.8, 4) is 27.3 Å². The van der Waals surface area contributed by atoms with Crippen LogP contribution in [0.2, 0.25) is 36.3 Å². The van der Waals surface area contributed by atoms with E-state index in [0.717, 1.165) is 21.6 Å². The van der Waals surface area contributed by atoms with Crippen LogP contribution in [-0.4, -0.2) is 84.1 Å². The number of carbonyl (C=O) groups excluding carboxylic acids is 4. The molecule has 346 valence electrons. The van der Waals surface area contributed by atoms with Gasteiger partial charge in [-0.3, -0.25) is 9.59 Å². The summed E-state index contributed by atoms with van der Waals surface area (Å²) in [5.74, 6) is -1.21. The fourth-order valence-corrected chi connectivity index (χ4v) is 9.67. The van der Waals surface area contributed by atoms with E-state index in [0.29, 0.717) is 36.6 Å². The Labute approximate surface area is 384 Å². The van der Waals surface area contributed by atoms with Crippen LogP contribution in [0.1, 0.15) is 105 Å². The molecule has 3 amide bonds. The number of carbonyl (C=O) groups is 4. The maximum Gasteiger partial charge on any atom is 0.407 e. The van der Waals surface area contributed by atoms with Gasteiger partial charge in [0.1, 0.15) is 17.0 Å². The molecule has 2 aromatic heterocycles. The summed E-state index contributed by atoms with van der Waals surface area (Å²) in [7, 11) is -3.18. The highest BCUT2D eigenvalue weighted by Gasteiger charge is 2.42. The first-order chi connectivity index (χ1) is 29.7. The predicted octanol–water partition coefficient (Wildman–Crippen LogP) is 10.6. The lowest BCUT2D eigenvalue weighted by Crippen LogP contribution is -2.50. The number of nitrogens with one attached hydrogen (secondary N) is 3. The molecule has 0 radical (unpaired) electrons. The molecule has 0 aliphatic carbocycles. The third-order valence-electron chi connectivity index (χ3n) is 12.0. The first-order valence-electron chi connectivity index (χ1n) is 21.6. The minimum atomic E-state index is -2.27. The van der Waals surface area contributed by atoms with E-state index in [1.165, 1.54) is 13.2 Å². The number of fused-ring (bicyclic) bond motifs is 3. The first kappa shape index (κ1) is 50.1. The number of alkyl carbamates (subject to hydrolysis) is 1. The normalized spacial score (nSPS) is 13.7. The Hall–Kier alpha value is -4.88. The van der Waals surface area contributed by atoms with Crippen molar-refractivity contribution >= 4 is 57.5 Å². The van der Waals surface area contributed by atoms with E-state index < -0.39 is 52.2 Å². The molecule has 16 heteroatoms. The maximum absolute atomic E-state index is 14.4. The van der Waals surface area contributed by atoms with E-state index in [-0.39, 0.29) is 45.7 Å². The van der Waals surface area contributed by atoms with Gasteiger partial charge in [0.2, 0.25) is 0 Å². The van der Waals surface area contributed by atoms with Gasteiger partial charge in [-0.15, -0.1) is 11.3 Å². The van der Waals surface area contributed by atoms with Crippen molar-refractivity contribution in [2.45, 2.75) is 123 Å². The van der Waals surface area contributed by atoms with E-state index in [9.17, 15) is 19.2 Å². The van der Waals surface area contributed by atoms with Gasteiger partial charge in [0.15, 0.2) is 22.3 Å². The number of amides is 3. The number of thiophene rings is 1. The number of anilines is 1. The van der Waals surface area contributed by atoms with Crippen LogP contribution in [0.15, 0.2) is 60.0 Å². The minimum absolute atomic E-state index is 0.0120. The molecule has 3 heterocycles. The van der Waals surface area contributed by atoms with Gasteiger partial charge in [-0.05, 0) is 116 Å². The van der Waals surface area contributed by atoms with E-state index in [1.807, 2.05) is 5.38 Å². The van der Waals surface area contributed by atoms with Gasteiger partial charge in [0, 0.05) is 52.3 Å². The molecule has 2 aromatic carbocycles. The second-order valence-corrected chi connectivity index (χ2v) is 30.6. The molecule has 0 fully saturated rings. The summed E-state index contributed by atoms with van der Waals surface area (Å²) in [6.07, 6.45) is -0.272. The standard InChI is InChI=1S/C48H66N4O9SSi2/c1-46(2,3)60-45(56)50-27-30-15-17-32(18-16-30)51-42(53)36-25-37-39(58-23-21-31-22-24-62-41(31)37)26-35(36)34-19-20-38(52-40(34)44(55)57-10)43(54)49-28-33(61-64(13,14)48(7,8)9)29-59-63(11,12)47(4,5)6/h15-20,22,24-26,33H,21,23,27-29H2,1-14H3,(H,49,54)(H,50,56)(H,51,53)/t33-/m0/s1. The monoisotopic (exact) mass is 930 g/mol. The summed E-state index contributed by atoms with van der Waals surface area (Å²) in [4.78, 5) is 59.7. The largest absolute Gasteiger partial charge is 0.493 e. The fraction of sp³-hybridized carbons (Fsp3) is 0.479. The van der Waals surface area contributed by atoms with Crippen LogP contribution in [0, 0.1) is 0 Å². The molecule has 13 nitrogen and oxygen atoms in total. The van der Waals surface area contributed by atoms with Gasteiger partial charge in [-0.2, -0.15) is 0 Å². The Morgan fingerprint density at radius 2 is 1.48 bits per heavy atom. The van der Waals surface area contributed by atoms with Crippen LogP contribution in [0.25, 0.3) is 21.6 Å². The van der Waals surface area contributed by atoms with Crippen LogP contribution < -0.4 is 20.7 Å². The van der Waals surface area contributed by atoms with Crippen molar-refractivity contribution in [2.24, 2.45) is 0 Å². The van der Waals surface area contributed by atoms with Crippen LogP contribution in [-0.2, 0) is 31.3 Å². The Kier molecular flexibility index (Phi) is 15.4. The van der Waals surface area contributed by atoms with E-state index in [4.69, 9.17) is 23.1 Å². The second kappa shape index (κ2) is 19.7. The molecule has 0 unspecified atom stereocenters.